The van der Waals surface area contributed by atoms with Gasteiger partial charge in [0.2, 0.25) is 0 Å². The summed E-state index contributed by atoms with van der Waals surface area (Å²) in [6.45, 7) is 2.14. The molecule has 0 aliphatic rings. The molecule has 0 saturated heterocycles. The Morgan fingerprint density at radius 1 is 1.55 bits per heavy atom. The molecule has 0 aliphatic heterocycles. The molecule has 60 valence electrons. The number of nitrogen functional groups attached to an aromatic ring is 1. The molecule has 0 aromatic carbocycles. The maximum Gasteiger partial charge on any atom is 0.152 e. The summed E-state index contributed by atoms with van der Waals surface area (Å²) in [4.78, 5) is 0. The van der Waals surface area contributed by atoms with Crippen LogP contribution in [0.1, 0.15) is 25.3 Å². The molecule has 1 aromatic rings. The molecular formula is C7H12N4. The normalized spacial score (nSPS) is 9.91. The van der Waals surface area contributed by atoms with Gasteiger partial charge in [-0.3, -0.25) is 0 Å². The number of hydrogen-bond donors (Lipinski definition) is 1. The van der Waals surface area contributed by atoms with Gasteiger partial charge >= 0.3 is 0 Å². The molecule has 1 heterocycles. The molecule has 0 unspecified atom stereocenters. The number of unbranched alkanes of at least 4 members (excludes halogenated alkanes) is 1. The van der Waals surface area contributed by atoms with E-state index in [-0.39, 0.29) is 0 Å². The average molecular weight is 152 g/mol. The number of aryl methyl sites for hydroxylation is 1. The van der Waals surface area contributed by atoms with Gasteiger partial charge in [0, 0.05) is 5.56 Å². The van der Waals surface area contributed by atoms with Crippen molar-refractivity contribution in [3.8, 4) is 0 Å². The second kappa shape index (κ2) is 3.85. The molecule has 0 atom stereocenters. The Balaban J connectivity index is 2.62. The van der Waals surface area contributed by atoms with Gasteiger partial charge in [-0.2, -0.15) is 0 Å². The highest BCUT2D eigenvalue weighted by Gasteiger charge is 1.98. The molecule has 4 nitrogen and oxygen atoms in total. The maximum absolute atomic E-state index is 5.55. The largest absolute Gasteiger partial charge is 0.382 e. The molecular weight excluding hydrogens is 140 g/mol. The lowest BCUT2D eigenvalue weighted by Gasteiger charge is -1.99. The van der Waals surface area contributed by atoms with E-state index in [0.717, 1.165) is 24.8 Å². The summed E-state index contributed by atoms with van der Waals surface area (Å²) >= 11 is 0. The first-order valence-corrected chi connectivity index (χ1v) is 3.77. The van der Waals surface area contributed by atoms with Crippen LogP contribution in [0.15, 0.2) is 6.20 Å². The highest BCUT2D eigenvalue weighted by atomic mass is 15.3. The van der Waals surface area contributed by atoms with E-state index in [9.17, 15) is 0 Å². The van der Waals surface area contributed by atoms with E-state index in [2.05, 4.69) is 22.3 Å². The van der Waals surface area contributed by atoms with Crippen molar-refractivity contribution in [2.24, 2.45) is 0 Å². The standard InChI is InChI=1S/C7H12N4/c1-2-3-4-6-5-9-11-10-7(6)8/h5H,2-4H2,1H3,(H2,8,9,10). The molecule has 1 aromatic heterocycles. The van der Waals surface area contributed by atoms with E-state index in [0.29, 0.717) is 5.82 Å². The van der Waals surface area contributed by atoms with Crippen molar-refractivity contribution in [3.05, 3.63) is 11.8 Å². The average Bonchev–Trinajstić information content (AvgIpc) is 2.03. The number of rotatable bonds is 3. The van der Waals surface area contributed by atoms with Gasteiger partial charge in [-0.15, -0.1) is 10.2 Å². The van der Waals surface area contributed by atoms with Gasteiger partial charge in [-0.1, -0.05) is 13.3 Å². The zero-order valence-electron chi connectivity index (χ0n) is 6.62. The molecule has 0 aliphatic carbocycles. The molecule has 2 N–H and O–H groups in total. The van der Waals surface area contributed by atoms with E-state index in [1.807, 2.05) is 0 Å². The number of hydrogen-bond acceptors (Lipinski definition) is 4. The fourth-order valence-electron chi connectivity index (χ4n) is 0.860. The van der Waals surface area contributed by atoms with Gasteiger partial charge in [0.15, 0.2) is 5.82 Å². The van der Waals surface area contributed by atoms with Gasteiger partial charge in [0.25, 0.3) is 0 Å². The van der Waals surface area contributed by atoms with E-state index in [1.165, 1.54) is 0 Å². The van der Waals surface area contributed by atoms with Crippen LogP contribution in [0.4, 0.5) is 5.82 Å². The van der Waals surface area contributed by atoms with Crippen LogP contribution in [-0.4, -0.2) is 15.4 Å². The number of anilines is 1. The highest BCUT2D eigenvalue weighted by molar-refractivity contribution is 5.35. The minimum absolute atomic E-state index is 0.508. The predicted molar refractivity (Wildman–Crippen MR) is 42.9 cm³/mol. The third-order valence-corrected chi connectivity index (χ3v) is 1.55. The van der Waals surface area contributed by atoms with Crippen LogP contribution in [0.5, 0.6) is 0 Å². The third-order valence-electron chi connectivity index (χ3n) is 1.55. The Morgan fingerprint density at radius 2 is 2.36 bits per heavy atom. The first-order valence-electron chi connectivity index (χ1n) is 3.77. The molecule has 11 heavy (non-hydrogen) atoms. The zero-order chi connectivity index (χ0) is 8.10. The molecule has 0 spiro atoms. The summed E-state index contributed by atoms with van der Waals surface area (Å²) in [5, 5.41) is 10.7. The fraction of sp³-hybridized carbons (Fsp3) is 0.571. The van der Waals surface area contributed by atoms with E-state index in [4.69, 9.17) is 5.73 Å². The van der Waals surface area contributed by atoms with Gasteiger partial charge in [-0.05, 0) is 18.1 Å². The predicted octanol–water partition coefficient (Wildman–Crippen LogP) is 0.796. The lowest BCUT2D eigenvalue weighted by molar-refractivity contribution is 0.770. The smallest absolute Gasteiger partial charge is 0.152 e. The van der Waals surface area contributed by atoms with Crippen LogP contribution in [-0.2, 0) is 6.42 Å². The molecule has 0 radical (unpaired) electrons. The second-order valence-electron chi connectivity index (χ2n) is 2.45. The Labute approximate surface area is 65.8 Å². The quantitative estimate of drug-likeness (QED) is 0.695. The van der Waals surface area contributed by atoms with Crippen molar-refractivity contribution in [1.82, 2.24) is 15.4 Å². The molecule has 0 bridgehead atoms. The monoisotopic (exact) mass is 152 g/mol. The Hall–Kier alpha value is -1.19. The number of aromatic nitrogens is 3. The van der Waals surface area contributed by atoms with Gasteiger partial charge in [-0.25, -0.2) is 0 Å². The Morgan fingerprint density at radius 3 is 3.00 bits per heavy atom. The fourth-order valence-corrected chi connectivity index (χ4v) is 0.860. The minimum Gasteiger partial charge on any atom is -0.382 e. The summed E-state index contributed by atoms with van der Waals surface area (Å²) in [6.07, 6.45) is 4.90. The van der Waals surface area contributed by atoms with Crippen molar-refractivity contribution in [1.29, 1.82) is 0 Å². The topological polar surface area (TPSA) is 64.7 Å². The molecule has 4 heteroatoms. The van der Waals surface area contributed by atoms with Crippen molar-refractivity contribution in [2.75, 3.05) is 5.73 Å². The van der Waals surface area contributed by atoms with Crippen LogP contribution in [0, 0.1) is 0 Å². The summed E-state index contributed by atoms with van der Waals surface area (Å²) in [5.41, 5.74) is 6.55. The first kappa shape index (κ1) is 7.91. The van der Waals surface area contributed by atoms with Crippen molar-refractivity contribution < 1.29 is 0 Å². The van der Waals surface area contributed by atoms with Crippen molar-refractivity contribution in [3.63, 3.8) is 0 Å². The minimum atomic E-state index is 0.508. The summed E-state index contributed by atoms with van der Waals surface area (Å²) in [5.74, 6) is 0.508. The number of nitrogens with zero attached hydrogens (tertiary/aromatic N) is 3. The SMILES string of the molecule is CCCCc1cnnnc1N. The van der Waals surface area contributed by atoms with Crippen LogP contribution >= 0.6 is 0 Å². The maximum atomic E-state index is 5.55. The molecule has 0 fully saturated rings. The summed E-state index contributed by atoms with van der Waals surface area (Å²) < 4.78 is 0. The molecule has 1 rings (SSSR count). The van der Waals surface area contributed by atoms with Crippen LogP contribution < -0.4 is 5.73 Å². The summed E-state index contributed by atoms with van der Waals surface area (Å²) in [7, 11) is 0. The third kappa shape index (κ3) is 2.14. The molecule has 0 amide bonds. The first-order chi connectivity index (χ1) is 5.34. The molecule has 0 saturated carbocycles. The van der Waals surface area contributed by atoms with Gasteiger partial charge < -0.3 is 5.73 Å². The van der Waals surface area contributed by atoms with E-state index in [1.54, 1.807) is 6.20 Å². The Kier molecular flexibility index (Phi) is 2.77. The van der Waals surface area contributed by atoms with Gasteiger partial charge in [0.05, 0.1) is 6.20 Å². The second-order valence-corrected chi connectivity index (χ2v) is 2.45. The van der Waals surface area contributed by atoms with E-state index < -0.39 is 0 Å². The van der Waals surface area contributed by atoms with E-state index >= 15 is 0 Å². The van der Waals surface area contributed by atoms with Crippen molar-refractivity contribution in [2.45, 2.75) is 26.2 Å². The zero-order valence-corrected chi connectivity index (χ0v) is 6.62. The van der Waals surface area contributed by atoms with Crippen LogP contribution in [0.2, 0.25) is 0 Å². The highest BCUT2D eigenvalue weighted by Crippen LogP contribution is 2.07. The lowest BCUT2D eigenvalue weighted by Crippen LogP contribution is -2.01. The number of nitrogens with two attached hydrogens (primary N) is 1. The Bertz CT molecular complexity index is 223. The van der Waals surface area contributed by atoms with Crippen LogP contribution in [0.3, 0.4) is 0 Å². The summed E-state index contributed by atoms with van der Waals surface area (Å²) in [6, 6.07) is 0. The van der Waals surface area contributed by atoms with Crippen molar-refractivity contribution >= 4 is 5.82 Å². The van der Waals surface area contributed by atoms with Crippen LogP contribution in [0.25, 0.3) is 0 Å². The lowest BCUT2D eigenvalue weighted by atomic mass is 10.1. The van der Waals surface area contributed by atoms with Gasteiger partial charge in [0.1, 0.15) is 0 Å².